The van der Waals surface area contributed by atoms with E-state index in [0.717, 1.165) is 17.5 Å². The zero-order chi connectivity index (χ0) is 18.2. The summed E-state index contributed by atoms with van der Waals surface area (Å²) >= 11 is 5.74. The number of benzene rings is 2. The normalized spacial score (nSPS) is 11.3. The summed E-state index contributed by atoms with van der Waals surface area (Å²) in [6.45, 7) is 0.949. The molecule has 0 aliphatic heterocycles. The summed E-state index contributed by atoms with van der Waals surface area (Å²) in [6, 6.07) is 10.2. The third-order valence-electron chi connectivity index (χ3n) is 3.58. The zero-order valence-electron chi connectivity index (χ0n) is 14.2. The number of guanidine groups is 1. The maximum absolute atomic E-state index is 13.1. The lowest BCUT2D eigenvalue weighted by Crippen LogP contribution is -2.33. The van der Waals surface area contributed by atoms with Crippen molar-refractivity contribution in [3.63, 3.8) is 0 Å². The third-order valence-corrected chi connectivity index (χ3v) is 3.87. The molecule has 0 saturated heterocycles. The van der Waals surface area contributed by atoms with Crippen LogP contribution >= 0.6 is 11.6 Å². The molecule has 0 bridgehead atoms. The van der Waals surface area contributed by atoms with Crippen LogP contribution in [0.1, 0.15) is 11.1 Å². The first kappa shape index (κ1) is 18.9. The number of ether oxygens (including phenoxy) is 2. The molecule has 0 aliphatic rings. The molecule has 0 fully saturated rings. The summed E-state index contributed by atoms with van der Waals surface area (Å²) in [7, 11) is 3.21. The fourth-order valence-corrected chi connectivity index (χ4v) is 2.44. The van der Waals surface area contributed by atoms with E-state index in [4.69, 9.17) is 26.8 Å². The molecule has 2 rings (SSSR count). The van der Waals surface area contributed by atoms with E-state index in [1.54, 1.807) is 20.3 Å². The highest BCUT2D eigenvalue weighted by Gasteiger charge is 2.05. The van der Waals surface area contributed by atoms with Crippen molar-refractivity contribution in [2.75, 3.05) is 20.8 Å². The van der Waals surface area contributed by atoms with Gasteiger partial charge in [0.15, 0.2) is 17.5 Å². The molecule has 0 radical (unpaired) electrons. The van der Waals surface area contributed by atoms with E-state index in [9.17, 15) is 4.39 Å². The average molecular weight is 366 g/mol. The molecule has 0 heterocycles. The molecule has 0 saturated carbocycles. The molecule has 0 atom stereocenters. The molecular formula is C18H21ClFN3O2. The Morgan fingerprint density at radius 1 is 1.12 bits per heavy atom. The van der Waals surface area contributed by atoms with E-state index < -0.39 is 5.82 Å². The largest absolute Gasteiger partial charge is 0.493 e. The summed E-state index contributed by atoms with van der Waals surface area (Å²) in [5.74, 6) is 1.25. The van der Waals surface area contributed by atoms with Crippen molar-refractivity contribution < 1.29 is 13.9 Å². The number of nitrogens with two attached hydrogens (primary N) is 1. The van der Waals surface area contributed by atoms with Crippen molar-refractivity contribution in [2.45, 2.75) is 13.0 Å². The Labute approximate surface area is 151 Å². The van der Waals surface area contributed by atoms with Gasteiger partial charge in [-0.15, -0.1) is 0 Å². The quantitative estimate of drug-likeness (QED) is 0.584. The summed E-state index contributed by atoms with van der Waals surface area (Å²) in [4.78, 5) is 4.22. The standard InChI is InChI=1S/C18H21ClFN3O2/c1-24-16-6-4-12(10-17(16)25-2)7-8-22-18(21)23-11-13-3-5-15(20)14(19)9-13/h3-6,9-10H,7-8,11H2,1-2H3,(H3,21,22,23). The van der Waals surface area contributed by atoms with Gasteiger partial charge in [0.1, 0.15) is 5.82 Å². The molecule has 0 unspecified atom stereocenters. The van der Waals surface area contributed by atoms with Crippen molar-refractivity contribution >= 4 is 17.6 Å². The molecule has 5 nitrogen and oxygen atoms in total. The van der Waals surface area contributed by atoms with Gasteiger partial charge in [0.25, 0.3) is 0 Å². The highest BCUT2D eigenvalue weighted by atomic mass is 35.5. The minimum absolute atomic E-state index is 0.0766. The minimum Gasteiger partial charge on any atom is -0.493 e. The lowest BCUT2D eigenvalue weighted by atomic mass is 10.1. The van der Waals surface area contributed by atoms with E-state index in [1.165, 1.54) is 12.1 Å². The second kappa shape index (κ2) is 9.13. The fraction of sp³-hybridized carbons (Fsp3) is 0.278. The Morgan fingerprint density at radius 2 is 1.84 bits per heavy atom. The van der Waals surface area contributed by atoms with Crippen LogP contribution in [-0.2, 0) is 13.0 Å². The van der Waals surface area contributed by atoms with Gasteiger partial charge in [-0.2, -0.15) is 0 Å². The van der Waals surface area contributed by atoms with Crippen molar-refractivity contribution in [1.82, 2.24) is 5.32 Å². The summed E-state index contributed by atoms with van der Waals surface area (Å²) in [5.41, 5.74) is 7.72. The van der Waals surface area contributed by atoms with Gasteiger partial charge in [-0.3, -0.25) is 0 Å². The van der Waals surface area contributed by atoms with Gasteiger partial charge in [-0.05, 0) is 41.8 Å². The maximum Gasteiger partial charge on any atom is 0.188 e. The average Bonchev–Trinajstić information content (AvgIpc) is 2.62. The van der Waals surface area contributed by atoms with Crippen LogP contribution in [-0.4, -0.2) is 26.7 Å². The van der Waals surface area contributed by atoms with Crippen molar-refractivity contribution in [3.8, 4) is 11.5 Å². The van der Waals surface area contributed by atoms with Gasteiger partial charge in [0.05, 0.1) is 25.8 Å². The molecule has 0 spiro atoms. The predicted molar refractivity (Wildman–Crippen MR) is 98.0 cm³/mol. The Kier molecular flexibility index (Phi) is 6.89. The van der Waals surface area contributed by atoms with Crippen LogP contribution in [0.15, 0.2) is 41.4 Å². The number of hydrogen-bond acceptors (Lipinski definition) is 3. The van der Waals surface area contributed by atoms with Gasteiger partial charge in [-0.1, -0.05) is 23.7 Å². The molecule has 7 heteroatoms. The molecular weight excluding hydrogens is 345 g/mol. The summed E-state index contributed by atoms with van der Waals surface area (Å²) < 4.78 is 23.6. The first-order valence-corrected chi connectivity index (χ1v) is 8.10. The van der Waals surface area contributed by atoms with Gasteiger partial charge in [0.2, 0.25) is 0 Å². The third kappa shape index (κ3) is 5.53. The molecule has 2 aromatic rings. The molecule has 2 aromatic carbocycles. The van der Waals surface area contributed by atoms with Crippen LogP contribution < -0.4 is 20.5 Å². The lowest BCUT2D eigenvalue weighted by Gasteiger charge is -2.10. The molecule has 134 valence electrons. The number of nitrogens with one attached hydrogen (secondary N) is 1. The Balaban J connectivity index is 1.85. The van der Waals surface area contributed by atoms with Crippen molar-refractivity contribution in [3.05, 3.63) is 58.4 Å². The van der Waals surface area contributed by atoms with Crippen molar-refractivity contribution in [1.29, 1.82) is 0 Å². The maximum atomic E-state index is 13.1. The van der Waals surface area contributed by atoms with E-state index in [0.29, 0.717) is 30.5 Å². The number of aliphatic imine (C=N–C) groups is 1. The van der Waals surface area contributed by atoms with Crippen LogP contribution in [0.5, 0.6) is 11.5 Å². The number of methoxy groups -OCH3 is 2. The smallest absolute Gasteiger partial charge is 0.188 e. The van der Waals surface area contributed by atoms with Gasteiger partial charge in [-0.25, -0.2) is 9.38 Å². The Morgan fingerprint density at radius 3 is 2.52 bits per heavy atom. The minimum atomic E-state index is -0.449. The number of rotatable bonds is 7. The van der Waals surface area contributed by atoms with Crippen molar-refractivity contribution in [2.24, 2.45) is 10.7 Å². The van der Waals surface area contributed by atoms with Gasteiger partial charge >= 0.3 is 0 Å². The molecule has 3 N–H and O–H groups in total. The predicted octanol–water partition coefficient (Wildman–Crippen LogP) is 3.14. The Hall–Kier alpha value is -2.47. The fourth-order valence-electron chi connectivity index (χ4n) is 2.24. The van der Waals surface area contributed by atoms with Crippen LogP contribution in [0.25, 0.3) is 0 Å². The highest BCUT2D eigenvalue weighted by Crippen LogP contribution is 2.27. The van der Waals surface area contributed by atoms with Gasteiger partial charge in [0, 0.05) is 6.54 Å². The second-order valence-electron chi connectivity index (χ2n) is 5.32. The summed E-state index contributed by atoms with van der Waals surface area (Å²) in [5, 5.41) is 3.12. The zero-order valence-corrected chi connectivity index (χ0v) is 14.9. The highest BCUT2D eigenvalue weighted by molar-refractivity contribution is 6.30. The summed E-state index contributed by atoms with van der Waals surface area (Å²) in [6.07, 6.45) is 0.749. The topological polar surface area (TPSA) is 68.9 Å². The SMILES string of the molecule is COc1ccc(CCNC(N)=NCc2ccc(F)c(Cl)c2)cc1OC. The number of hydrogen-bond donors (Lipinski definition) is 2. The van der Waals surface area contributed by atoms with Crippen LogP contribution in [0, 0.1) is 5.82 Å². The van der Waals surface area contributed by atoms with Crippen LogP contribution in [0.2, 0.25) is 5.02 Å². The van der Waals surface area contributed by atoms with E-state index in [2.05, 4.69) is 10.3 Å². The monoisotopic (exact) mass is 365 g/mol. The second-order valence-corrected chi connectivity index (χ2v) is 5.72. The van der Waals surface area contributed by atoms with Crippen LogP contribution in [0.4, 0.5) is 4.39 Å². The number of nitrogens with zero attached hydrogens (tertiary/aromatic N) is 1. The van der Waals surface area contributed by atoms with Gasteiger partial charge < -0.3 is 20.5 Å². The first-order chi connectivity index (χ1) is 12.0. The first-order valence-electron chi connectivity index (χ1n) is 7.72. The lowest BCUT2D eigenvalue weighted by molar-refractivity contribution is 0.354. The Bertz CT molecular complexity index is 753. The van der Waals surface area contributed by atoms with E-state index in [1.807, 2.05) is 18.2 Å². The molecule has 0 aliphatic carbocycles. The molecule has 0 aromatic heterocycles. The number of halogens is 2. The van der Waals surface area contributed by atoms with E-state index in [-0.39, 0.29) is 5.02 Å². The molecule has 0 amide bonds. The van der Waals surface area contributed by atoms with E-state index >= 15 is 0 Å². The molecule has 25 heavy (non-hydrogen) atoms. The van der Waals surface area contributed by atoms with Crippen LogP contribution in [0.3, 0.4) is 0 Å².